The lowest BCUT2D eigenvalue weighted by atomic mass is 10.0. The molecule has 208 valence electrons. The summed E-state index contributed by atoms with van der Waals surface area (Å²) < 4.78 is 41.4. The maximum Gasteiger partial charge on any atom is 0.416 e. The molecule has 0 spiro atoms. The summed E-state index contributed by atoms with van der Waals surface area (Å²) in [6, 6.07) is 25.6. The second-order valence-corrected chi connectivity index (χ2v) is 11.9. The molecule has 4 aromatic rings. The second-order valence-electron chi connectivity index (χ2n) is 9.72. The smallest absolute Gasteiger partial charge is 0.416 e. The highest BCUT2D eigenvalue weighted by atomic mass is 32.2. The fourth-order valence-electron chi connectivity index (χ4n) is 4.48. The predicted octanol–water partition coefficient (Wildman–Crippen LogP) is 9.18. The SMILES string of the molecule is Cc1cc(C)c(SN(Cc2ccc(-c3cccc(SCC(=O)O)c3)cc2)Cc2ccc(C(F)(F)F)cc2)c(C)c1. The zero-order valence-corrected chi connectivity index (χ0v) is 24.1. The number of alkyl halides is 3. The molecule has 0 heterocycles. The van der Waals surface area contributed by atoms with Gasteiger partial charge in [-0.2, -0.15) is 13.2 Å². The average molecular weight is 582 g/mol. The highest BCUT2D eigenvalue weighted by molar-refractivity contribution is 8.00. The van der Waals surface area contributed by atoms with E-state index in [-0.39, 0.29) is 5.75 Å². The van der Waals surface area contributed by atoms with E-state index in [9.17, 15) is 18.0 Å². The first kappa shape index (κ1) is 29.8. The molecule has 0 aliphatic heterocycles. The quantitative estimate of drug-likeness (QED) is 0.149. The number of rotatable bonds is 10. The van der Waals surface area contributed by atoms with Gasteiger partial charge in [-0.3, -0.25) is 4.79 Å². The van der Waals surface area contributed by atoms with E-state index in [1.165, 1.54) is 17.3 Å². The van der Waals surface area contributed by atoms with Crippen LogP contribution in [0.5, 0.6) is 0 Å². The minimum Gasteiger partial charge on any atom is -0.481 e. The van der Waals surface area contributed by atoms with Crippen LogP contribution in [-0.2, 0) is 24.1 Å². The fraction of sp³-hybridized carbons (Fsp3) is 0.219. The van der Waals surface area contributed by atoms with Crippen molar-refractivity contribution in [2.45, 2.75) is 49.8 Å². The molecule has 4 aromatic carbocycles. The first-order valence-corrected chi connectivity index (χ1v) is 14.4. The lowest BCUT2D eigenvalue weighted by molar-refractivity contribution is -0.137. The van der Waals surface area contributed by atoms with Crippen LogP contribution in [0.2, 0.25) is 0 Å². The third-order valence-corrected chi connectivity index (χ3v) is 8.63. The predicted molar refractivity (Wildman–Crippen MR) is 157 cm³/mol. The number of halogens is 3. The summed E-state index contributed by atoms with van der Waals surface area (Å²) >= 11 is 2.91. The molecule has 0 radical (unpaired) electrons. The molecule has 4 rings (SSSR count). The Morgan fingerprint density at radius 1 is 0.800 bits per heavy atom. The van der Waals surface area contributed by atoms with Crippen LogP contribution in [0.15, 0.2) is 94.7 Å². The van der Waals surface area contributed by atoms with E-state index in [0.29, 0.717) is 13.1 Å². The number of hydrogen-bond acceptors (Lipinski definition) is 4. The Morgan fingerprint density at radius 2 is 1.38 bits per heavy atom. The average Bonchev–Trinajstić information content (AvgIpc) is 2.90. The van der Waals surface area contributed by atoms with Gasteiger partial charge in [0.2, 0.25) is 0 Å². The number of aryl methyl sites for hydroxylation is 3. The first-order chi connectivity index (χ1) is 19.0. The summed E-state index contributed by atoms with van der Waals surface area (Å²) in [6.07, 6.45) is -4.36. The minimum absolute atomic E-state index is 0.00869. The van der Waals surface area contributed by atoms with Crippen LogP contribution in [0, 0.1) is 20.8 Å². The van der Waals surface area contributed by atoms with Gasteiger partial charge in [-0.05, 0) is 90.4 Å². The second kappa shape index (κ2) is 13.0. The highest BCUT2D eigenvalue weighted by Crippen LogP contribution is 2.34. The summed E-state index contributed by atoms with van der Waals surface area (Å²) in [6.45, 7) is 7.29. The van der Waals surface area contributed by atoms with Gasteiger partial charge >= 0.3 is 12.1 Å². The molecule has 0 aliphatic carbocycles. The molecular weight excluding hydrogens is 551 g/mol. The number of carbonyl (C=O) groups is 1. The summed E-state index contributed by atoms with van der Waals surface area (Å²) in [5, 5.41) is 8.96. The highest BCUT2D eigenvalue weighted by Gasteiger charge is 2.30. The van der Waals surface area contributed by atoms with Crippen LogP contribution < -0.4 is 0 Å². The maximum absolute atomic E-state index is 13.1. The van der Waals surface area contributed by atoms with Crippen LogP contribution in [0.25, 0.3) is 11.1 Å². The van der Waals surface area contributed by atoms with Crippen molar-refractivity contribution in [3.63, 3.8) is 0 Å². The first-order valence-electron chi connectivity index (χ1n) is 12.7. The van der Waals surface area contributed by atoms with E-state index in [1.807, 2.05) is 36.4 Å². The van der Waals surface area contributed by atoms with E-state index >= 15 is 0 Å². The molecule has 0 aliphatic rings. The summed E-state index contributed by atoms with van der Waals surface area (Å²) in [7, 11) is 0. The molecule has 0 aromatic heterocycles. The van der Waals surface area contributed by atoms with Gasteiger partial charge in [0.05, 0.1) is 11.3 Å². The van der Waals surface area contributed by atoms with E-state index < -0.39 is 17.7 Å². The molecule has 40 heavy (non-hydrogen) atoms. The minimum atomic E-state index is -4.36. The molecule has 0 bridgehead atoms. The Balaban J connectivity index is 1.56. The maximum atomic E-state index is 13.1. The van der Waals surface area contributed by atoms with Gasteiger partial charge in [0.25, 0.3) is 0 Å². The fourth-order valence-corrected chi connectivity index (χ4v) is 6.25. The van der Waals surface area contributed by atoms with Crippen molar-refractivity contribution >= 4 is 29.7 Å². The Labute approximate surface area is 241 Å². The molecule has 0 atom stereocenters. The van der Waals surface area contributed by atoms with Gasteiger partial charge in [0, 0.05) is 22.9 Å². The van der Waals surface area contributed by atoms with Crippen molar-refractivity contribution in [3.8, 4) is 11.1 Å². The van der Waals surface area contributed by atoms with Crippen LogP contribution in [0.4, 0.5) is 13.2 Å². The van der Waals surface area contributed by atoms with Gasteiger partial charge in [-0.25, -0.2) is 4.31 Å². The third-order valence-electron chi connectivity index (χ3n) is 6.31. The van der Waals surface area contributed by atoms with Crippen molar-refractivity contribution in [2.75, 3.05) is 5.75 Å². The zero-order chi connectivity index (χ0) is 28.9. The molecule has 0 saturated carbocycles. The molecule has 1 N–H and O–H groups in total. The molecule has 0 amide bonds. The molecule has 0 saturated heterocycles. The number of benzene rings is 4. The van der Waals surface area contributed by atoms with Crippen molar-refractivity contribution in [3.05, 3.63) is 118 Å². The van der Waals surface area contributed by atoms with Crippen LogP contribution in [0.1, 0.15) is 33.4 Å². The van der Waals surface area contributed by atoms with Crippen molar-refractivity contribution < 1.29 is 23.1 Å². The molecular formula is C32H30F3NO2S2. The van der Waals surface area contributed by atoms with Gasteiger partial charge in [0.15, 0.2) is 0 Å². The van der Waals surface area contributed by atoms with Crippen LogP contribution >= 0.6 is 23.7 Å². The Morgan fingerprint density at radius 3 is 1.93 bits per heavy atom. The standard InChI is InChI=1S/C32H30F3NO2S2/c1-21-15-22(2)31(23(3)16-21)40-36(19-25-9-13-28(14-10-25)32(33,34)35)18-24-7-11-26(12-8-24)27-5-4-6-29(17-27)39-20-30(37)38/h4-17H,18-20H2,1-3H3,(H,37,38). The zero-order valence-electron chi connectivity index (χ0n) is 22.5. The largest absolute Gasteiger partial charge is 0.481 e. The number of carboxylic acids is 1. The Kier molecular flexibility index (Phi) is 9.66. The number of aliphatic carboxylic acids is 1. The van der Waals surface area contributed by atoms with Crippen molar-refractivity contribution in [1.82, 2.24) is 4.31 Å². The normalized spacial score (nSPS) is 11.7. The van der Waals surface area contributed by atoms with Gasteiger partial charge in [-0.1, -0.05) is 66.2 Å². The van der Waals surface area contributed by atoms with Crippen LogP contribution in [-0.4, -0.2) is 21.1 Å². The number of hydrogen-bond donors (Lipinski definition) is 1. The van der Waals surface area contributed by atoms with Crippen molar-refractivity contribution in [1.29, 1.82) is 0 Å². The third kappa shape index (κ3) is 8.16. The Bertz CT molecular complexity index is 1450. The van der Waals surface area contributed by atoms with E-state index in [1.54, 1.807) is 24.1 Å². The van der Waals surface area contributed by atoms with Crippen molar-refractivity contribution in [2.24, 2.45) is 0 Å². The lowest BCUT2D eigenvalue weighted by Gasteiger charge is -2.24. The van der Waals surface area contributed by atoms with Gasteiger partial charge in [-0.15, -0.1) is 11.8 Å². The molecule has 8 heteroatoms. The van der Waals surface area contributed by atoms with E-state index in [4.69, 9.17) is 5.11 Å². The number of nitrogens with zero attached hydrogens (tertiary/aromatic N) is 1. The molecule has 0 fully saturated rings. The lowest BCUT2D eigenvalue weighted by Crippen LogP contribution is -2.16. The summed E-state index contributed by atoms with van der Waals surface area (Å²) in [5.74, 6) is -0.844. The van der Waals surface area contributed by atoms with Crippen LogP contribution in [0.3, 0.4) is 0 Å². The van der Waals surface area contributed by atoms with E-state index in [2.05, 4.69) is 49.3 Å². The molecule has 0 unspecified atom stereocenters. The van der Waals surface area contributed by atoms with Gasteiger partial charge < -0.3 is 5.11 Å². The molecule has 3 nitrogen and oxygen atoms in total. The monoisotopic (exact) mass is 581 g/mol. The van der Waals surface area contributed by atoms with Gasteiger partial charge in [0.1, 0.15) is 0 Å². The summed E-state index contributed by atoms with van der Waals surface area (Å²) in [4.78, 5) is 13.0. The summed E-state index contributed by atoms with van der Waals surface area (Å²) in [5.41, 5.74) is 6.76. The Hall–Kier alpha value is -3.20. The van der Waals surface area contributed by atoms with E-state index in [0.717, 1.165) is 55.3 Å². The topological polar surface area (TPSA) is 40.5 Å². The number of thioether (sulfide) groups is 1. The number of carboxylic acid groups (broad SMARTS) is 1.